The van der Waals surface area contributed by atoms with Crippen LogP contribution in [0, 0.1) is 5.82 Å². The Morgan fingerprint density at radius 2 is 1.84 bits per heavy atom. The molecule has 2 amide bonds. The van der Waals surface area contributed by atoms with E-state index in [1.165, 1.54) is 18.2 Å². The van der Waals surface area contributed by atoms with Crippen LogP contribution in [0.3, 0.4) is 0 Å². The van der Waals surface area contributed by atoms with Gasteiger partial charge < -0.3 is 0 Å². The Bertz CT molecular complexity index is 917. The molecule has 3 nitrogen and oxygen atoms in total. The van der Waals surface area contributed by atoms with Gasteiger partial charge in [-0.25, -0.2) is 4.39 Å². The summed E-state index contributed by atoms with van der Waals surface area (Å²) in [4.78, 5) is 26.0. The smallest absolute Gasteiger partial charge is 0.268 e. The van der Waals surface area contributed by atoms with Crippen molar-refractivity contribution in [1.82, 2.24) is 4.90 Å². The minimum absolute atomic E-state index is 0.0373. The van der Waals surface area contributed by atoms with Gasteiger partial charge in [-0.2, -0.15) is 0 Å². The normalized spacial score (nSPS) is 16.2. The van der Waals surface area contributed by atoms with E-state index in [1.54, 1.807) is 18.2 Å². The predicted molar refractivity (Wildman–Crippen MR) is 99.4 cm³/mol. The van der Waals surface area contributed by atoms with Gasteiger partial charge in [0.1, 0.15) is 5.82 Å². The first kappa shape index (κ1) is 18.3. The molecule has 1 heterocycles. The molecular weight excluding hydrogens is 408 g/mol. The van der Waals surface area contributed by atoms with Gasteiger partial charge in [0, 0.05) is 5.02 Å². The molecule has 2 aromatic carbocycles. The van der Waals surface area contributed by atoms with E-state index in [-0.39, 0.29) is 16.5 Å². The van der Waals surface area contributed by atoms with Gasteiger partial charge in [-0.05, 0) is 47.2 Å². The average molecular weight is 417 g/mol. The SMILES string of the molecule is O=C1S/C(=C\c2cccc(Cl)c2Cl)C(=O)N1Cc1ccc(F)cc1Cl. The standard InChI is InChI=1S/C17H9Cl3FNO2S/c18-12-3-1-2-9(15(12)20)6-14-16(23)22(17(24)25-14)8-10-4-5-11(21)7-13(10)19/h1-7H,8H2/b14-6-. The van der Waals surface area contributed by atoms with Gasteiger partial charge in [0.25, 0.3) is 11.1 Å². The number of nitrogens with zero attached hydrogens (tertiary/aromatic N) is 1. The number of rotatable bonds is 3. The molecule has 0 aromatic heterocycles. The maximum absolute atomic E-state index is 13.1. The van der Waals surface area contributed by atoms with Crippen molar-refractivity contribution in [3.05, 3.63) is 73.3 Å². The monoisotopic (exact) mass is 415 g/mol. The number of amides is 2. The number of carbonyl (C=O) groups is 2. The van der Waals surface area contributed by atoms with Crippen molar-refractivity contribution in [1.29, 1.82) is 0 Å². The molecule has 2 aromatic rings. The molecule has 0 atom stereocenters. The second kappa shape index (κ2) is 7.38. The number of halogens is 4. The fourth-order valence-electron chi connectivity index (χ4n) is 2.23. The van der Waals surface area contributed by atoms with Crippen LogP contribution < -0.4 is 0 Å². The Hall–Kier alpha value is -1.53. The van der Waals surface area contributed by atoms with Crippen molar-refractivity contribution in [2.45, 2.75) is 6.54 Å². The molecule has 0 radical (unpaired) electrons. The minimum Gasteiger partial charge on any atom is -0.268 e. The highest BCUT2D eigenvalue weighted by Gasteiger charge is 2.35. The highest BCUT2D eigenvalue weighted by atomic mass is 35.5. The van der Waals surface area contributed by atoms with Gasteiger partial charge in [0.15, 0.2) is 0 Å². The van der Waals surface area contributed by atoms with Crippen molar-refractivity contribution < 1.29 is 14.0 Å². The van der Waals surface area contributed by atoms with Gasteiger partial charge >= 0.3 is 0 Å². The number of imide groups is 1. The molecule has 1 aliphatic heterocycles. The Balaban J connectivity index is 1.87. The Morgan fingerprint density at radius 1 is 1.08 bits per heavy atom. The van der Waals surface area contributed by atoms with E-state index in [0.717, 1.165) is 22.7 Å². The summed E-state index contributed by atoms with van der Waals surface area (Å²) >= 11 is 18.8. The third-order valence-corrected chi connectivity index (χ3v) is 5.58. The summed E-state index contributed by atoms with van der Waals surface area (Å²) in [5, 5.41) is 0.376. The summed E-state index contributed by atoms with van der Waals surface area (Å²) in [5.74, 6) is -0.954. The fraction of sp³-hybridized carbons (Fsp3) is 0.0588. The lowest BCUT2D eigenvalue weighted by Gasteiger charge is -2.13. The maximum atomic E-state index is 13.1. The highest BCUT2D eigenvalue weighted by Crippen LogP contribution is 2.36. The van der Waals surface area contributed by atoms with Crippen molar-refractivity contribution in [2.24, 2.45) is 0 Å². The molecule has 25 heavy (non-hydrogen) atoms. The molecular formula is C17H9Cl3FNO2S. The average Bonchev–Trinajstić information content (AvgIpc) is 2.81. The zero-order valence-corrected chi connectivity index (χ0v) is 15.5. The first-order valence-corrected chi connectivity index (χ1v) is 8.95. The number of benzene rings is 2. The molecule has 0 N–H and O–H groups in total. The third kappa shape index (κ3) is 3.85. The largest absolute Gasteiger partial charge is 0.293 e. The van der Waals surface area contributed by atoms with Crippen LogP contribution in [0.5, 0.6) is 0 Å². The van der Waals surface area contributed by atoms with Crippen LogP contribution >= 0.6 is 46.6 Å². The summed E-state index contributed by atoms with van der Waals surface area (Å²) in [6.45, 7) is -0.0373. The minimum atomic E-state index is -0.488. The molecule has 3 rings (SSSR count). The van der Waals surface area contributed by atoms with Crippen LogP contribution in [-0.4, -0.2) is 16.0 Å². The van der Waals surface area contributed by atoms with Crippen LogP contribution in [0.1, 0.15) is 11.1 Å². The molecule has 0 spiro atoms. The first-order valence-electron chi connectivity index (χ1n) is 7.00. The van der Waals surface area contributed by atoms with Gasteiger partial charge in [0.05, 0.1) is 21.5 Å². The third-order valence-electron chi connectivity index (χ3n) is 3.49. The van der Waals surface area contributed by atoms with E-state index in [2.05, 4.69) is 0 Å². The second-order valence-corrected chi connectivity index (χ2v) is 7.33. The molecule has 0 saturated carbocycles. The van der Waals surface area contributed by atoms with E-state index in [9.17, 15) is 14.0 Å². The number of hydrogen-bond acceptors (Lipinski definition) is 3. The van der Waals surface area contributed by atoms with E-state index in [1.807, 2.05) is 0 Å². The maximum Gasteiger partial charge on any atom is 0.293 e. The van der Waals surface area contributed by atoms with Crippen molar-refractivity contribution in [3.63, 3.8) is 0 Å². The molecule has 1 fully saturated rings. The van der Waals surface area contributed by atoms with E-state index >= 15 is 0 Å². The topological polar surface area (TPSA) is 37.4 Å². The molecule has 1 aliphatic rings. The van der Waals surface area contributed by atoms with Crippen molar-refractivity contribution in [2.75, 3.05) is 0 Å². The van der Waals surface area contributed by atoms with Gasteiger partial charge in [-0.3, -0.25) is 14.5 Å². The summed E-state index contributed by atoms with van der Waals surface area (Å²) in [6.07, 6.45) is 1.52. The zero-order valence-electron chi connectivity index (χ0n) is 12.4. The van der Waals surface area contributed by atoms with Crippen molar-refractivity contribution in [3.8, 4) is 0 Å². The van der Waals surface area contributed by atoms with E-state index < -0.39 is 17.0 Å². The van der Waals surface area contributed by atoms with E-state index in [0.29, 0.717) is 21.2 Å². The predicted octanol–water partition coefficient (Wildman–Crippen LogP) is 6.02. The zero-order chi connectivity index (χ0) is 18.1. The first-order chi connectivity index (χ1) is 11.9. The number of hydrogen-bond donors (Lipinski definition) is 0. The van der Waals surface area contributed by atoms with Crippen LogP contribution in [0.4, 0.5) is 9.18 Å². The summed E-state index contributed by atoms with van der Waals surface area (Å²) in [6, 6.07) is 8.82. The molecule has 128 valence electrons. The Morgan fingerprint density at radius 3 is 2.56 bits per heavy atom. The molecule has 0 unspecified atom stereocenters. The van der Waals surface area contributed by atoms with Crippen LogP contribution in [0.25, 0.3) is 6.08 Å². The van der Waals surface area contributed by atoms with Crippen LogP contribution in [0.15, 0.2) is 41.3 Å². The van der Waals surface area contributed by atoms with E-state index in [4.69, 9.17) is 34.8 Å². The van der Waals surface area contributed by atoms with Crippen LogP contribution in [-0.2, 0) is 11.3 Å². The summed E-state index contributed by atoms with van der Waals surface area (Å²) in [5.41, 5.74) is 1.02. The van der Waals surface area contributed by atoms with Crippen LogP contribution in [0.2, 0.25) is 15.1 Å². The second-order valence-electron chi connectivity index (χ2n) is 5.15. The lowest BCUT2D eigenvalue weighted by atomic mass is 10.2. The summed E-state index contributed by atoms with van der Waals surface area (Å²) < 4.78 is 13.1. The molecule has 0 bridgehead atoms. The van der Waals surface area contributed by atoms with Gasteiger partial charge in [-0.1, -0.05) is 53.0 Å². The Labute approximate surface area is 162 Å². The highest BCUT2D eigenvalue weighted by molar-refractivity contribution is 8.18. The molecule has 1 saturated heterocycles. The molecule has 0 aliphatic carbocycles. The molecule has 8 heteroatoms. The fourth-order valence-corrected chi connectivity index (χ4v) is 3.65. The summed E-state index contributed by atoms with van der Waals surface area (Å²) in [7, 11) is 0. The number of thioether (sulfide) groups is 1. The lowest BCUT2D eigenvalue weighted by molar-refractivity contribution is -0.123. The van der Waals surface area contributed by atoms with Gasteiger partial charge in [-0.15, -0.1) is 0 Å². The number of carbonyl (C=O) groups excluding carboxylic acids is 2. The lowest BCUT2D eigenvalue weighted by Crippen LogP contribution is -2.27. The Kier molecular flexibility index (Phi) is 5.39. The van der Waals surface area contributed by atoms with Crippen molar-refractivity contribution >= 4 is 63.8 Å². The van der Waals surface area contributed by atoms with Gasteiger partial charge in [0.2, 0.25) is 0 Å². The quantitative estimate of drug-likeness (QED) is 0.574.